The van der Waals surface area contributed by atoms with E-state index in [4.69, 9.17) is 0 Å². The van der Waals surface area contributed by atoms with Gasteiger partial charge in [-0.1, -0.05) is 67.6 Å². The highest BCUT2D eigenvalue weighted by Gasteiger charge is 2.34. The van der Waals surface area contributed by atoms with Gasteiger partial charge in [-0.25, -0.2) is 4.39 Å². The third-order valence-corrected chi connectivity index (χ3v) is 7.20. The van der Waals surface area contributed by atoms with Crippen LogP contribution in [0.25, 0.3) is 22.3 Å². The number of aliphatic hydroxyl groups is 1. The van der Waals surface area contributed by atoms with E-state index in [1.54, 1.807) is 6.07 Å². The quantitative estimate of drug-likeness (QED) is 0.363. The standard InChI is InChI=1S/C29H30FN3O/c1-2-29(34)14-16-33(17-15-29)28(25-19-31-32-20-25)24-12-13-27(30)26(18-24)23-10-8-22(9-11-23)21-6-4-3-5-7-21/h3-13,18-20,28,34H,2,14-17H2,1H3,(H,31,32). The van der Waals surface area contributed by atoms with Gasteiger partial charge in [-0.2, -0.15) is 5.10 Å². The van der Waals surface area contributed by atoms with Gasteiger partial charge in [0, 0.05) is 30.4 Å². The zero-order chi connectivity index (χ0) is 23.5. The zero-order valence-corrected chi connectivity index (χ0v) is 19.4. The summed E-state index contributed by atoms with van der Waals surface area (Å²) in [6, 6.07) is 23.6. The fourth-order valence-corrected chi connectivity index (χ4v) is 4.98. The average Bonchev–Trinajstić information content (AvgIpc) is 3.41. The molecule has 4 aromatic rings. The Balaban J connectivity index is 1.47. The smallest absolute Gasteiger partial charge is 0.131 e. The van der Waals surface area contributed by atoms with Crippen molar-refractivity contribution in [2.45, 2.75) is 37.8 Å². The molecule has 3 aromatic carbocycles. The summed E-state index contributed by atoms with van der Waals surface area (Å²) in [7, 11) is 0. The molecule has 1 saturated heterocycles. The van der Waals surface area contributed by atoms with Crippen LogP contribution in [0.15, 0.2) is 85.2 Å². The van der Waals surface area contributed by atoms with E-state index in [0.717, 1.165) is 60.2 Å². The van der Waals surface area contributed by atoms with Crippen molar-refractivity contribution in [2.24, 2.45) is 0 Å². The number of aromatic amines is 1. The molecule has 1 fully saturated rings. The van der Waals surface area contributed by atoms with Crippen LogP contribution in [0.4, 0.5) is 4.39 Å². The lowest BCUT2D eigenvalue weighted by atomic mass is 9.86. The van der Waals surface area contributed by atoms with Crippen LogP contribution < -0.4 is 0 Å². The van der Waals surface area contributed by atoms with Gasteiger partial charge in [-0.05, 0) is 53.6 Å². The van der Waals surface area contributed by atoms with E-state index in [0.29, 0.717) is 5.56 Å². The first kappa shape index (κ1) is 22.5. The Kier molecular flexibility index (Phi) is 6.31. The van der Waals surface area contributed by atoms with E-state index in [2.05, 4.69) is 27.2 Å². The molecule has 1 unspecified atom stereocenters. The van der Waals surface area contributed by atoms with Crippen LogP contribution in [0.2, 0.25) is 0 Å². The Morgan fingerprint density at radius 3 is 2.26 bits per heavy atom. The Hall–Kier alpha value is -3.28. The summed E-state index contributed by atoms with van der Waals surface area (Å²) in [4.78, 5) is 2.37. The third kappa shape index (κ3) is 4.54. The molecule has 0 amide bonds. The topological polar surface area (TPSA) is 52.1 Å². The summed E-state index contributed by atoms with van der Waals surface area (Å²) in [6.45, 7) is 3.59. The van der Waals surface area contributed by atoms with Gasteiger partial charge < -0.3 is 5.11 Å². The van der Waals surface area contributed by atoms with Gasteiger partial charge in [0.05, 0.1) is 17.8 Å². The number of benzene rings is 3. The molecule has 0 spiro atoms. The van der Waals surface area contributed by atoms with Gasteiger partial charge in [0.2, 0.25) is 0 Å². The Bertz CT molecular complexity index is 1210. The lowest BCUT2D eigenvalue weighted by Gasteiger charge is -2.41. The van der Waals surface area contributed by atoms with Crippen molar-refractivity contribution in [1.29, 1.82) is 0 Å². The van der Waals surface area contributed by atoms with Crippen molar-refractivity contribution in [3.8, 4) is 22.3 Å². The second-order valence-electron chi connectivity index (χ2n) is 9.23. The van der Waals surface area contributed by atoms with Gasteiger partial charge in [0.15, 0.2) is 0 Å². The Labute approximate surface area is 200 Å². The first-order chi connectivity index (χ1) is 16.6. The predicted octanol–water partition coefficient (Wildman–Crippen LogP) is 6.21. The number of H-pyrrole nitrogens is 1. The summed E-state index contributed by atoms with van der Waals surface area (Å²) in [6.07, 6.45) is 5.96. The van der Waals surface area contributed by atoms with Gasteiger partial charge in [-0.15, -0.1) is 0 Å². The van der Waals surface area contributed by atoms with E-state index in [1.807, 2.05) is 73.9 Å². The molecule has 1 aliphatic heterocycles. The van der Waals surface area contributed by atoms with E-state index in [9.17, 15) is 5.11 Å². The van der Waals surface area contributed by atoms with Crippen LogP contribution >= 0.6 is 0 Å². The van der Waals surface area contributed by atoms with Crippen molar-refractivity contribution in [3.05, 3.63) is 102 Å². The molecule has 1 aromatic heterocycles. The van der Waals surface area contributed by atoms with Crippen molar-refractivity contribution in [2.75, 3.05) is 13.1 Å². The molecule has 1 atom stereocenters. The van der Waals surface area contributed by atoms with E-state index < -0.39 is 5.60 Å². The highest BCUT2D eigenvalue weighted by Crippen LogP contribution is 2.37. The highest BCUT2D eigenvalue weighted by atomic mass is 19.1. The Morgan fingerprint density at radius 1 is 0.941 bits per heavy atom. The molecule has 1 aliphatic rings. The van der Waals surface area contributed by atoms with Crippen LogP contribution in [0, 0.1) is 5.82 Å². The molecule has 34 heavy (non-hydrogen) atoms. The summed E-state index contributed by atoms with van der Waals surface area (Å²) in [5, 5.41) is 17.8. The van der Waals surface area contributed by atoms with Crippen LogP contribution in [0.5, 0.6) is 0 Å². The van der Waals surface area contributed by atoms with Crippen molar-refractivity contribution >= 4 is 0 Å². The maximum Gasteiger partial charge on any atom is 0.131 e. The third-order valence-electron chi connectivity index (χ3n) is 7.20. The molecule has 4 nitrogen and oxygen atoms in total. The fraction of sp³-hybridized carbons (Fsp3) is 0.276. The maximum absolute atomic E-state index is 15.0. The molecule has 174 valence electrons. The first-order valence-corrected chi connectivity index (χ1v) is 12.0. The monoisotopic (exact) mass is 455 g/mol. The Morgan fingerprint density at radius 2 is 1.62 bits per heavy atom. The van der Waals surface area contributed by atoms with Gasteiger partial charge in [0.25, 0.3) is 0 Å². The molecule has 5 rings (SSSR count). The van der Waals surface area contributed by atoms with Crippen molar-refractivity contribution in [3.63, 3.8) is 0 Å². The molecular weight excluding hydrogens is 425 g/mol. The van der Waals surface area contributed by atoms with E-state index >= 15 is 4.39 Å². The SMILES string of the molecule is CCC1(O)CCN(C(c2cn[nH]c2)c2ccc(F)c(-c3ccc(-c4ccccc4)cc3)c2)CC1. The minimum atomic E-state index is -0.591. The van der Waals surface area contributed by atoms with Gasteiger partial charge in [0.1, 0.15) is 5.82 Å². The van der Waals surface area contributed by atoms with Crippen LogP contribution in [0.3, 0.4) is 0 Å². The molecule has 2 heterocycles. The molecule has 2 N–H and O–H groups in total. The lowest BCUT2D eigenvalue weighted by molar-refractivity contribution is -0.0303. The number of rotatable bonds is 6. The number of aromatic nitrogens is 2. The van der Waals surface area contributed by atoms with Crippen LogP contribution in [0.1, 0.15) is 43.4 Å². The number of piperidine rings is 1. The predicted molar refractivity (Wildman–Crippen MR) is 134 cm³/mol. The zero-order valence-electron chi connectivity index (χ0n) is 19.4. The minimum Gasteiger partial charge on any atom is -0.390 e. The number of hydrogen-bond acceptors (Lipinski definition) is 3. The van der Waals surface area contributed by atoms with E-state index in [1.165, 1.54) is 0 Å². The van der Waals surface area contributed by atoms with Crippen molar-refractivity contribution < 1.29 is 9.50 Å². The largest absolute Gasteiger partial charge is 0.390 e. The van der Waals surface area contributed by atoms with Gasteiger partial charge in [-0.3, -0.25) is 10.00 Å². The maximum atomic E-state index is 15.0. The van der Waals surface area contributed by atoms with E-state index in [-0.39, 0.29) is 11.9 Å². The molecule has 0 saturated carbocycles. The summed E-state index contributed by atoms with van der Waals surface area (Å²) < 4.78 is 15.0. The number of hydrogen-bond donors (Lipinski definition) is 2. The second-order valence-corrected chi connectivity index (χ2v) is 9.23. The molecule has 0 radical (unpaired) electrons. The van der Waals surface area contributed by atoms with Crippen LogP contribution in [-0.2, 0) is 0 Å². The number of halogens is 1. The highest BCUT2D eigenvalue weighted by molar-refractivity contribution is 5.71. The molecular formula is C29H30FN3O. The molecule has 0 bridgehead atoms. The second kappa shape index (κ2) is 9.53. The summed E-state index contributed by atoms with van der Waals surface area (Å²) >= 11 is 0. The number of nitrogens with one attached hydrogen (secondary N) is 1. The van der Waals surface area contributed by atoms with Crippen LogP contribution in [-0.4, -0.2) is 38.9 Å². The number of likely N-dealkylation sites (tertiary alicyclic amines) is 1. The minimum absolute atomic E-state index is 0.0527. The fourth-order valence-electron chi connectivity index (χ4n) is 4.98. The van der Waals surface area contributed by atoms with Crippen molar-refractivity contribution in [1.82, 2.24) is 15.1 Å². The molecule has 0 aliphatic carbocycles. The summed E-state index contributed by atoms with van der Waals surface area (Å²) in [5.74, 6) is -0.235. The number of nitrogens with zero attached hydrogens (tertiary/aromatic N) is 2. The average molecular weight is 456 g/mol. The summed E-state index contributed by atoms with van der Waals surface area (Å²) in [5.41, 5.74) is 5.16. The van der Waals surface area contributed by atoms with Gasteiger partial charge >= 0.3 is 0 Å². The lowest BCUT2D eigenvalue weighted by Crippen LogP contribution is -2.45. The molecule has 5 heteroatoms. The first-order valence-electron chi connectivity index (χ1n) is 12.0. The normalized spacial score (nSPS) is 16.9.